The lowest BCUT2D eigenvalue weighted by Crippen LogP contribution is -2.24. The molecule has 1 rings (SSSR count). The third-order valence-corrected chi connectivity index (χ3v) is 1.53. The van der Waals surface area contributed by atoms with Crippen LogP contribution in [0.15, 0.2) is 18.5 Å². The Hall–Kier alpha value is -1.12. The van der Waals surface area contributed by atoms with Gasteiger partial charge in [0.15, 0.2) is 0 Å². The van der Waals surface area contributed by atoms with Gasteiger partial charge < -0.3 is 4.90 Å². The molecule has 0 aliphatic heterocycles. The van der Waals surface area contributed by atoms with Crippen LogP contribution in [0.25, 0.3) is 0 Å². The summed E-state index contributed by atoms with van der Waals surface area (Å²) in [6, 6.07) is 1.83. The van der Waals surface area contributed by atoms with Crippen LogP contribution in [-0.4, -0.2) is 23.6 Å². The van der Waals surface area contributed by atoms with Crippen LogP contribution < -0.4 is 4.90 Å². The van der Waals surface area contributed by atoms with Crippen molar-refractivity contribution in [2.75, 3.05) is 18.5 Å². The summed E-state index contributed by atoms with van der Waals surface area (Å²) in [7, 11) is 2.01. The lowest BCUT2D eigenvalue weighted by molar-refractivity contribution is 0.630. The molecule has 0 saturated carbocycles. The number of rotatable bonds is 3. The molecule has 0 unspecified atom stereocenters. The van der Waals surface area contributed by atoms with Crippen molar-refractivity contribution in [3.05, 3.63) is 18.5 Å². The van der Waals surface area contributed by atoms with E-state index in [-0.39, 0.29) is 0 Å². The van der Waals surface area contributed by atoms with Crippen molar-refractivity contribution in [3.8, 4) is 0 Å². The summed E-state index contributed by atoms with van der Waals surface area (Å²) in [5.41, 5.74) is 0. The third kappa shape index (κ3) is 2.49. The molecule has 66 valence electrons. The van der Waals surface area contributed by atoms with Crippen LogP contribution in [0, 0.1) is 5.92 Å². The first-order valence-electron chi connectivity index (χ1n) is 4.18. The van der Waals surface area contributed by atoms with Crippen molar-refractivity contribution < 1.29 is 0 Å². The van der Waals surface area contributed by atoms with Crippen LogP contribution in [-0.2, 0) is 0 Å². The van der Waals surface area contributed by atoms with Crippen molar-refractivity contribution in [3.63, 3.8) is 0 Å². The largest absolute Gasteiger partial charge is 0.344 e. The van der Waals surface area contributed by atoms with Crippen molar-refractivity contribution >= 4 is 5.95 Å². The van der Waals surface area contributed by atoms with E-state index in [1.807, 2.05) is 13.1 Å². The molecular weight excluding hydrogens is 150 g/mol. The molecule has 0 N–H and O–H groups in total. The van der Waals surface area contributed by atoms with Crippen LogP contribution in [0.1, 0.15) is 13.8 Å². The quantitative estimate of drug-likeness (QED) is 0.680. The van der Waals surface area contributed by atoms with E-state index >= 15 is 0 Å². The van der Waals surface area contributed by atoms with E-state index in [2.05, 4.69) is 28.7 Å². The van der Waals surface area contributed by atoms with E-state index in [1.165, 1.54) is 0 Å². The van der Waals surface area contributed by atoms with Gasteiger partial charge in [0.05, 0.1) is 0 Å². The minimum atomic E-state index is 0.638. The zero-order chi connectivity index (χ0) is 8.97. The molecule has 0 amide bonds. The van der Waals surface area contributed by atoms with Gasteiger partial charge in [-0.3, -0.25) is 0 Å². The average molecular weight is 165 g/mol. The Bertz CT molecular complexity index is 220. The first-order valence-corrected chi connectivity index (χ1v) is 4.18. The Morgan fingerprint density at radius 2 is 1.92 bits per heavy atom. The molecule has 0 spiro atoms. The summed E-state index contributed by atoms with van der Waals surface area (Å²) < 4.78 is 0. The maximum atomic E-state index is 4.15. The smallest absolute Gasteiger partial charge is 0.224 e. The van der Waals surface area contributed by atoms with E-state index in [4.69, 9.17) is 0 Å². The molecule has 1 aromatic rings. The highest BCUT2D eigenvalue weighted by Crippen LogP contribution is 2.04. The number of hydrogen-bond donors (Lipinski definition) is 0. The second-order valence-electron chi connectivity index (χ2n) is 3.32. The number of hydrogen-bond acceptors (Lipinski definition) is 3. The van der Waals surface area contributed by atoms with Gasteiger partial charge >= 0.3 is 0 Å². The van der Waals surface area contributed by atoms with Gasteiger partial charge in [-0.1, -0.05) is 13.8 Å². The van der Waals surface area contributed by atoms with E-state index < -0.39 is 0 Å². The van der Waals surface area contributed by atoms with Crippen LogP contribution in [0.3, 0.4) is 0 Å². The molecule has 1 aromatic heterocycles. The van der Waals surface area contributed by atoms with Gasteiger partial charge in [0.1, 0.15) is 0 Å². The highest BCUT2D eigenvalue weighted by atomic mass is 15.2. The van der Waals surface area contributed by atoms with Crippen molar-refractivity contribution in [2.24, 2.45) is 5.92 Å². The van der Waals surface area contributed by atoms with Gasteiger partial charge in [-0.2, -0.15) is 0 Å². The summed E-state index contributed by atoms with van der Waals surface area (Å²) in [5.74, 6) is 1.44. The molecule has 12 heavy (non-hydrogen) atoms. The fourth-order valence-corrected chi connectivity index (χ4v) is 1.12. The molecule has 0 atom stereocenters. The Morgan fingerprint density at radius 1 is 1.33 bits per heavy atom. The van der Waals surface area contributed by atoms with Gasteiger partial charge in [-0.05, 0) is 12.0 Å². The molecule has 0 fully saturated rings. The minimum Gasteiger partial charge on any atom is -0.344 e. The maximum absolute atomic E-state index is 4.15. The fraction of sp³-hybridized carbons (Fsp3) is 0.556. The zero-order valence-electron chi connectivity index (χ0n) is 7.86. The van der Waals surface area contributed by atoms with E-state index in [0.29, 0.717) is 5.92 Å². The summed E-state index contributed by atoms with van der Waals surface area (Å²) in [4.78, 5) is 10.4. The number of nitrogens with zero attached hydrogens (tertiary/aromatic N) is 3. The van der Waals surface area contributed by atoms with Crippen molar-refractivity contribution in [2.45, 2.75) is 13.8 Å². The van der Waals surface area contributed by atoms with Gasteiger partial charge in [-0.15, -0.1) is 0 Å². The summed E-state index contributed by atoms with van der Waals surface area (Å²) in [6.45, 7) is 5.35. The molecule has 0 aromatic carbocycles. The average Bonchev–Trinajstić information content (AvgIpc) is 2.05. The first kappa shape index (κ1) is 8.97. The molecule has 3 nitrogen and oxygen atoms in total. The van der Waals surface area contributed by atoms with E-state index in [9.17, 15) is 0 Å². The standard InChI is InChI=1S/C9H15N3/c1-8(2)7-12(3)9-10-5-4-6-11-9/h4-6,8H,7H2,1-3H3. The van der Waals surface area contributed by atoms with Crippen LogP contribution in [0.2, 0.25) is 0 Å². The Labute approximate surface area is 73.5 Å². The topological polar surface area (TPSA) is 29.0 Å². The minimum absolute atomic E-state index is 0.638. The van der Waals surface area contributed by atoms with Crippen LogP contribution >= 0.6 is 0 Å². The Kier molecular flexibility index (Phi) is 3.02. The molecule has 0 bridgehead atoms. The second-order valence-corrected chi connectivity index (χ2v) is 3.32. The van der Waals surface area contributed by atoms with Crippen LogP contribution in [0.5, 0.6) is 0 Å². The number of anilines is 1. The van der Waals surface area contributed by atoms with Gasteiger partial charge in [0, 0.05) is 26.0 Å². The first-order chi connectivity index (χ1) is 5.70. The Morgan fingerprint density at radius 3 is 2.42 bits per heavy atom. The zero-order valence-corrected chi connectivity index (χ0v) is 7.86. The molecular formula is C9H15N3. The predicted molar refractivity (Wildman–Crippen MR) is 50.1 cm³/mol. The SMILES string of the molecule is CC(C)CN(C)c1ncccn1. The van der Waals surface area contributed by atoms with E-state index in [0.717, 1.165) is 12.5 Å². The maximum Gasteiger partial charge on any atom is 0.224 e. The van der Waals surface area contributed by atoms with Crippen molar-refractivity contribution in [1.82, 2.24) is 9.97 Å². The molecule has 0 saturated heterocycles. The van der Waals surface area contributed by atoms with Gasteiger partial charge in [0.25, 0.3) is 0 Å². The monoisotopic (exact) mass is 165 g/mol. The second kappa shape index (κ2) is 4.04. The molecule has 0 radical (unpaired) electrons. The third-order valence-electron chi connectivity index (χ3n) is 1.53. The number of aromatic nitrogens is 2. The highest BCUT2D eigenvalue weighted by Gasteiger charge is 2.03. The molecule has 0 aliphatic rings. The van der Waals surface area contributed by atoms with Crippen LogP contribution in [0.4, 0.5) is 5.95 Å². The van der Waals surface area contributed by atoms with Gasteiger partial charge in [0.2, 0.25) is 5.95 Å². The van der Waals surface area contributed by atoms with E-state index in [1.54, 1.807) is 12.4 Å². The summed E-state index contributed by atoms with van der Waals surface area (Å²) >= 11 is 0. The molecule has 0 aliphatic carbocycles. The normalized spacial score (nSPS) is 10.3. The lowest BCUT2D eigenvalue weighted by atomic mass is 10.2. The predicted octanol–water partition coefficient (Wildman–Crippen LogP) is 1.57. The van der Waals surface area contributed by atoms with Crippen molar-refractivity contribution in [1.29, 1.82) is 0 Å². The molecule has 1 heterocycles. The fourth-order valence-electron chi connectivity index (χ4n) is 1.12. The lowest BCUT2D eigenvalue weighted by Gasteiger charge is -2.18. The summed E-state index contributed by atoms with van der Waals surface area (Å²) in [6.07, 6.45) is 3.53. The summed E-state index contributed by atoms with van der Waals surface area (Å²) in [5, 5.41) is 0. The highest BCUT2D eigenvalue weighted by molar-refractivity contribution is 5.26. The molecule has 3 heteroatoms. The van der Waals surface area contributed by atoms with Gasteiger partial charge in [-0.25, -0.2) is 9.97 Å². The Balaban J connectivity index is 2.59.